The minimum absolute atomic E-state index is 0.678. The van der Waals surface area contributed by atoms with E-state index in [0.29, 0.717) is 0 Å². The molecule has 0 heterocycles. The van der Waals surface area contributed by atoms with Crippen molar-refractivity contribution in [2.24, 2.45) is 5.92 Å². The molecule has 0 radical (unpaired) electrons. The van der Waals surface area contributed by atoms with E-state index in [1.807, 2.05) is 0 Å². The van der Waals surface area contributed by atoms with Gasteiger partial charge < -0.3 is 0 Å². The summed E-state index contributed by atoms with van der Waals surface area (Å²) in [6.07, 6.45) is -5.16. The lowest BCUT2D eigenvalue weighted by atomic mass is 10.1. The molecule has 38 valence electrons. The monoisotopic (exact) mass is 93.2 g/mol. The summed E-state index contributed by atoms with van der Waals surface area (Å²) in [6, 6.07) is 0. The van der Waals surface area contributed by atoms with E-state index in [4.69, 9.17) is 9.60 Å². The predicted molar refractivity (Wildman–Crippen MR) is 29.7 cm³/mol. The lowest BCUT2D eigenvalue weighted by Gasteiger charge is -1.95. The summed E-state index contributed by atoms with van der Waals surface area (Å²) in [5.41, 5.74) is 0. The van der Waals surface area contributed by atoms with Gasteiger partial charge in [0, 0.05) is 9.60 Å². The van der Waals surface area contributed by atoms with Gasteiger partial charge in [0.2, 0.25) is 0 Å². The largest absolute Gasteiger partial charge is 0.0654 e. The van der Waals surface area contributed by atoms with Gasteiger partial charge in [-0.3, -0.25) is 0 Å². The Hall–Kier alpha value is 0. The fourth-order valence-electron chi connectivity index (χ4n) is 0.144. The topological polar surface area (TPSA) is 0 Å². The zero-order valence-electron chi connectivity index (χ0n) is 11.1. The quantitative estimate of drug-likeness (QED) is 0.492. The standard InChI is InChI=1S/C6H14/c1-4-5-6(2)3/h6H,4-5H2,1-3H3/i1D3,4D2,5D2. The summed E-state index contributed by atoms with van der Waals surface area (Å²) < 4.78 is 49.9. The molecule has 0 aromatic carbocycles. The van der Waals surface area contributed by atoms with Gasteiger partial charge in [-0.1, -0.05) is 33.4 Å². The van der Waals surface area contributed by atoms with Crippen molar-refractivity contribution < 1.29 is 9.60 Å². The highest BCUT2D eigenvalue weighted by molar-refractivity contribution is 4.38. The van der Waals surface area contributed by atoms with Crippen molar-refractivity contribution in [2.45, 2.75) is 33.4 Å². The Morgan fingerprint density at radius 3 is 2.67 bits per heavy atom. The Kier molecular flexibility index (Phi) is 0.556. The number of rotatable bonds is 2. The molecule has 0 aliphatic heterocycles. The Morgan fingerprint density at radius 2 is 2.50 bits per heavy atom. The van der Waals surface area contributed by atoms with Gasteiger partial charge in [0.05, 0.1) is 0 Å². The molecule has 0 heteroatoms. The Balaban J connectivity index is 5.04. The van der Waals surface area contributed by atoms with Crippen molar-refractivity contribution in [1.29, 1.82) is 0 Å². The van der Waals surface area contributed by atoms with Crippen LogP contribution in [0, 0.1) is 5.92 Å². The van der Waals surface area contributed by atoms with Gasteiger partial charge in [0.15, 0.2) is 0 Å². The van der Waals surface area contributed by atoms with Gasteiger partial charge >= 0.3 is 0 Å². The molecule has 6 heavy (non-hydrogen) atoms. The van der Waals surface area contributed by atoms with Gasteiger partial charge in [-0.15, -0.1) is 0 Å². The molecular weight excluding hydrogens is 72.1 g/mol. The average molecular weight is 93.2 g/mol. The SMILES string of the molecule is [2H]C([2H])([2H])C([2H])([2H])C([2H])([2H])C(C)C. The van der Waals surface area contributed by atoms with E-state index in [9.17, 15) is 0 Å². The summed E-state index contributed by atoms with van der Waals surface area (Å²) in [7, 11) is 0. The fraction of sp³-hybridized carbons (Fsp3) is 1.00. The zero-order valence-corrected chi connectivity index (χ0v) is 4.08. The van der Waals surface area contributed by atoms with Gasteiger partial charge in [-0.25, -0.2) is 0 Å². The van der Waals surface area contributed by atoms with Crippen molar-refractivity contribution in [1.82, 2.24) is 0 Å². The van der Waals surface area contributed by atoms with E-state index >= 15 is 0 Å². The molecule has 0 aliphatic rings. The second-order valence-corrected chi connectivity index (χ2v) is 1.42. The second-order valence-electron chi connectivity index (χ2n) is 1.42. The highest BCUT2D eigenvalue weighted by Gasteiger charge is 1.85. The molecule has 0 atom stereocenters. The summed E-state index contributed by atoms with van der Waals surface area (Å²) in [5.74, 6) is -0.678. The molecule has 0 fully saturated rings. The summed E-state index contributed by atoms with van der Waals surface area (Å²) in [4.78, 5) is 0. The lowest BCUT2D eigenvalue weighted by molar-refractivity contribution is 0.576. The van der Waals surface area contributed by atoms with Crippen LogP contribution in [0.2, 0.25) is 0 Å². The molecule has 0 nitrogen and oxygen atoms in total. The first-order chi connectivity index (χ1) is 5.44. The molecule has 0 aromatic heterocycles. The number of hydrogen-bond donors (Lipinski definition) is 0. The summed E-state index contributed by atoms with van der Waals surface area (Å²) in [6.45, 7) is -0.00604. The molecule has 0 saturated heterocycles. The minimum atomic E-state index is -2.93. The van der Waals surface area contributed by atoms with E-state index in [2.05, 4.69) is 0 Å². The first-order valence-electron chi connectivity index (χ1n) is 5.44. The molecular formula is C6H14. The molecule has 0 spiro atoms. The van der Waals surface area contributed by atoms with E-state index in [0.717, 1.165) is 0 Å². The summed E-state index contributed by atoms with van der Waals surface area (Å²) >= 11 is 0. The smallest absolute Gasteiger partial charge is 0.0269 e. The third-order valence-electron chi connectivity index (χ3n) is 0.361. The van der Waals surface area contributed by atoms with Crippen LogP contribution in [0.3, 0.4) is 0 Å². The first kappa shape index (κ1) is 1.04. The van der Waals surface area contributed by atoms with Crippen LogP contribution in [0.5, 0.6) is 0 Å². The minimum Gasteiger partial charge on any atom is -0.0654 e. The second kappa shape index (κ2) is 3.20. The van der Waals surface area contributed by atoms with Crippen molar-refractivity contribution >= 4 is 0 Å². The maximum atomic E-state index is 7.37. The van der Waals surface area contributed by atoms with Gasteiger partial charge in [-0.2, -0.15) is 0 Å². The third-order valence-corrected chi connectivity index (χ3v) is 0.361. The van der Waals surface area contributed by atoms with Gasteiger partial charge in [-0.05, 0) is 5.92 Å². The molecule has 0 saturated carbocycles. The molecule has 0 rings (SSSR count). The Morgan fingerprint density at radius 1 is 1.83 bits per heavy atom. The molecule has 0 unspecified atom stereocenters. The average Bonchev–Trinajstić information content (AvgIpc) is 1.84. The van der Waals surface area contributed by atoms with E-state index < -0.39 is 25.5 Å². The molecule has 0 aliphatic carbocycles. The van der Waals surface area contributed by atoms with Crippen molar-refractivity contribution in [3.8, 4) is 0 Å². The maximum Gasteiger partial charge on any atom is 0.0269 e. The van der Waals surface area contributed by atoms with E-state index in [1.165, 1.54) is 13.8 Å². The van der Waals surface area contributed by atoms with Crippen LogP contribution in [-0.4, -0.2) is 0 Å². The molecule has 0 aromatic rings. The van der Waals surface area contributed by atoms with Crippen molar-refractivity contribution in [2.75, 3.05) is 0 Å². The van der Waals surface area contributed by atoms with Crippen LogP contribution in [-0.2, 0) is 0 Å². The van der Waals surface area contributed by atoms with E-state index in [-0.39, 0.29) is 0 Å². The molecule has 0 N–H and O–H groups in total. The van der Waals surface area contributed by atoms with Crippen molar-refractivity contribution in [3.63, 3.8) is 0 Å². The Bertz CT molecular complexity index is 178. The van der Waals surface area contributed by atoms with E-state index in [1.54, 1.807) is 0 Å². The van der Waals surface area contributed by atoms with Crippen LogP contribution >= 0.6 is 0 Å². The molecule has 0 amide bonds. The third kappa shape index (κ3) is 4.00. The van der Waals surface area contributed by atoms with Gasteiger partial charge in [0.25, 0.3) is 0 Å². The fourth-order valence-corrected chi connectivity index (χ4v) is 0.144. The highest BCUT2D eigenvalue weighted by Crippen LogP contribution is 2.00. The van der Waals surface area contributed by atoms with Crippen molar-refractivity contribution in [3.05, 3.63) is 0 Å². The van der Waals surface area contributed by atoms with Crippen LogP contribution in [0.25, 0.3) is 0 Å². The first-order valence-corrected chi connectivity index (χ1v) is 1.94. The highest BCUT2D eigenvalue weighted by atomic mass is 13.9. The van der Waals surface area contributed by atoms with Crippen LogP contribution in [0.1, 0.15) is 43.0 Å². The zero-order chi connectivity index (χ0) is 11.1. The number of hydrogen-bond acceptors (Lipinski definition) is 0. The lowest BCUT2D eigenvalue weighted by Crippen LogP contribution is -1.81. The van der Waals surface area contributed by atoms with Crippen LogP contribution in [0.4, 0.5) is 0 Å². The molecule has 0 bridgehead atoms. The normalized spacial score (nSPS) is 34.2. The summed E-state index contributed by atoms with van der Waals surface area (Å²) in [5, 5.41) is 0. The Labute approximate surface area is 50.4 Å². The van der Waals surface area contributed by atoms with Crippen LogP contribution in [0.15, 0.2) is 0 Å². The van der Waals surface area contributed by atoms with Crippen LogP contribution < -0.4 is 0 Å². The maximum absolute atomic E-state index is 7.37. The predicted octanol–water partition coefficient (Wildman–Crippen LogP) is 2.44. The van der Waals surface area contributed by atoms with Gasteiger partial charge in [0.1, 0.15) is 0 Å².